The molecule has 0 unspecified atom stereocenters. The van der Waals surface area contributed by atoms with Gasteiger partial charge in [-0.1, -0.05) is 24.3 Å². The molecule has 30 heavy (non-hydrogen) atoms. The van der Waals surface area contributed by atoms with Gasteiger partial charge in [-0.2, -0.15) is 4.98 Å². The fraction of sp³-hybridized carbons (Fsp3) is 0.190. The number of ether oxygens (including phenoxy) is 2. The fourth-order valence-corrected chi connectivity index (χ4v) is 2.90. The third-order valence-electron chi connectivity index (χ3n) is 4.07. The Kier molecular flexibility index (Phi) is 4.78. The Morgan fingerprint density at radius 2 is 1.80 bits per heavy atom. The maximum Gasteiger partial charge on any atom is 0.412 e. The lowest BCUT2D eigenvalue weighted by Crippen LogP contribution is -2.27. The first-order valence-corrected chi connectivity index (χ1v) is 9.20. The lowest BCUT2D eigenvalue weighted by molar-refractivity contribution is 0.0636. The Bertz CT molecular complexity index is 1310. The minimum atomic E-state index is -0.606. The van der Waals surface area contributed by atoms with Gasteiger partial charge in [-0.15, -0.1) is 0 Å². The number of amides is 1. The van der Waals surface area contributed by atoms with Crippen LogP contribution in [-0.4, -0.2) is 31.6 Å². The van der Waals surface area contributed by atoms with Crippen LogP contribution in [0.1, 0.15) is 20.8 Å². The zero-order chi connectivity index (χ0) is 21.3. The van der Waals surface area contributed by atoms with E-state index in [-0.39, 0.29) is 17.1 Å². The number of hydrogen-bond acceptors (Lipinski definition) is 7. The number of aromatic nitrogens is 4. The minimum Gasteiger partial charge on any atom is -0.444 e. The Morgan fingerprint density at radius 1 is 1.03 bits per heavy atom. The van der Waals surface area contributed by atoms with Gasteiger partial charge < -0.3 is 14.5 Å². The summed E-state index contributed by atoms with van der Waals surface area (Å²) in [6.07, 6.45) is 1.89. The zero-order valence-electron chi connectivity index (χ0n) is 16.6. The van der Waals surface area contributed by atoms with Crippen molar-refractivity contribution in [2.75, 3.05) is 5.32 Å². The predicted molar refractivity (Wildman–Crippen MR) is 112 cm³/mol. The van der Waals surface area contributed by atoms with Gasteiger partial charge in [-0.05, 0) is 32.9 Å². The first-order valence-electron chi connectivity index (χ1n) is 9.20. The van der Waals surface area contributed by atoms with Gasteiger partial charge >= 0.3 is 6.09 Å². The van der Waals surface area contributed by atoms with E-state index in [0.29, 0.717) is 17.0 Å². The van der Waals surface area contributed by atoms with Crippen molar-refractivity contribution in [3.8, 4) is 11.6 Å². The molecule has 0 saturated carbocycles. The summed E-state index contributed by atoms with van der Waals surface area (Å²) in [5.41, 5.74) is 0.222. The summed E-state index contributed by atoms with van der Waals surface area (Å²) >= 11 is 0. The van der Waals surface area contributed by atoms with E-state index in [4.69, 9.17) is 9.47 Å². The molecule has 0 bridgehead atoms. The van der Waals surface area contributed by atoms with E-state index in [1.54, 1.807) is 32.9 Å². The van der Waals surface area contributed by atoms with Crippen LogP contribution in [0.5, 0.6) is 11.6 Å². The molecule has 0 aliphatic carbocycles. The molecule has 0 aliphatic heterocycles. The molecule has 4 aromatic rings. The van der Waals surface area contributed by atoms with Crippen molar-refractivity contribution in [2.45, 2.75) is 26.4 Å². The van der Waals surface area contributed by atoms with Crippen molar-refractivity contribution in [2.24, 2.45) is 0 Å². The maximum absolute atomic E-state index is 12.2. The molecule has 0 aliphatic rings. The van der Waals surface area contributed by atoms with Crippen LogP contribution >= 0.6 is 0 Å². The number of nitrogens with one attached hydrogen (secondary N) is 2. The largest absolute Gasteiger partial charge is 0.444 e. The molecule has 2 N–H and O–H groups in total. The molecular weight excluding hydrogens is 386 g/mol. The van der Waals surface area contributed by atoms with Crippen LogP contribution in [0.15, 0.2) is 53.7 Å². The molecule has 9 heteroatoms. The maximum atomic E-state index is 12.2. The van der Waals surface area contributed by atoms with E-state index < -0.39 is 11.7 Å². The summed E-state index contributed by atoms with van der Waals surface area (Å²) < 4.78 is 11.3. The molecule has 0 spiro atoms. The summed E-state index contributed by atoms with van der Waals surface area (Å²) in [7, 11) is 0. The topological polar surface area (TPSA) is 119 Å². The summed E-state index contributed by atoms with van der Waals surface area (Å²) in [6, 6.07) is 10.9. The van der Waals surface area contributed by atoms with Crippen molar-refractivity contribution in [1.29, 1.82) is 0 Å². The third kappa shape index (κ3) is 4.04. The second kappa shape index (κ2) is 7.43. The summed E-state index contributed by atoms with van der Waals surface area (Å²) in [5, 5.41) is 4.29. The summed E-state index contributed by atoms with van der Waals surface area (Å²) in [5.74, 6) is 0.711. The lowest BCUT2D eigenvalue weighted by atomic mass is 10.1. The average molecular weight is 405 g/mol. The van der Waals surface area contributed by atoms with Crippen molar-refractivity contribution in [3.63, 3.8) is 0 Å². The SMILES string of the molecule is CC(C)(C)OC(=O)Nc1ccc(Oc2ncnc3[nH]c(=O)cnc23)c2ccccc12. The van der Waals surface area contributed by atoms with E-state index in [1.807, 2.05) is 24.3 Å². The number of rotatable bonds is 3. The first kappa shape index (κ1) is 19.3. The fourth-order valence-electron chi connectivity index (χ4n) is 2.90. The van der Waals surface area contributed by atoms with E-state index >= 15 is 0 Å². The quantitative estimate of drug-likeness (QED) is 0.528. The van der Waals surface area contributed by atoms with Crippen molar-refractivity contribution < 1.29 is 14.3 Å². The Balaban J connectivity index is 1.72. The number of nitrogens with zero attached hydrogens (tertiary/aromatic N) is 3. The van der Waals surface area contributed by atoms with Crippen LogP contribution in [-0.2, 0) is 4.74 Å². The van der Waals surface area contributed by atoms with E-state index in [1.165, 1.54) is 6.33 Å². The van der Waals surface area contributed by atoms with Gasteiger partial charge in [0.2, 0.25) is 0 Å². The van der Waals surface area contributed by atoms with Gasteiger partial charge in [0.05, 0.1) is 11.9 Å². The number of carbonyl (C=O) groups is 1. The lowest BCUT2D eigenvalue weighted by Gasteiger charge is -2.20. The number of benzene rings is 2. The van der Waals surface area contributed by atoms with Crippen LogP contribution in [0, 0.1) is 0 Å². The molecular formula is C21H19N5O4. The third-order valence-corrected chi connectivity index (χ3v) is 4.07. The van der Waals surface area contributed by atoms with Crippen molar-refractivity contribution in [3.05, 3.63) is 59.3 Å². The molecule has 4 rings (SSSR count). The van der Waals surface area contributed by atoms with Crippen molar-refractivity contribution >= 4 is 33.7 Å². The molecule has 9 nitrogen and oxygen atoms in total. The highest BCUT2D eigenvalue weighted by molar-refractivity contribution is 6.03. The molecule has 0 saturated heterocycles. The Labute approximate surface area is 171 Å². The molecule has 0 fully saturated rings. The number of carbonyl (C=O) groups excluding carboxylic acids is 1. The molecule has 2 aromatic carbocycles. The molecule has 2 heterocycles. The highest BCUT2D eigenvalue weighted by atomic mass is 16.6. The van der Waals surface area contributed by atoms with Gasteiger partial charge in [-0.3, -0.25) is 10.1 Å². The van der Waals surface area contributed by atoms with Crippen LogP contribution < -0.4 is 15.6 Å². The number of H-pyrrole nitrogens is 1. The summed E-state index contributed by atoms with van der Waals surface area (Å²) in [4.78, 5) is 38.5. The molecule has 0 atom stereocenters. The second-order valence-corrected chi connectivity index (χ2v) is 7.51. The Morgan fingerprint density at radius 3 is 2.57 bits per heavy atom. The predicted octanol–water partition coefficient (Wildman–Crippen LogP) is 4.01. The number of hydrogen-bond donors (Lipinski definition) is 2. The highest BCUT2D eigenvalue weighted by Gasteiger charge is 2.18. The smallest absolute Gasteiger partial charge is 0.412 e. The van der Waals surface area contributed by atoms with Crippen LogP contribution in [0.25, 0.3) is 21.9 Å². The number of anilines is 1. The van der Waals surface area contributed by atoms with Crippen LogP contribution in [0.2, 0.25) is 0 Å². The van der Waals surface area contributed by atoms with Gasteiger partial charge in [0.15, 0.2) is 11.2 Å². The second-order valence-electron chi connectivity index (χ2n) is 7.51. The average Bonchev–Trinajstić information content (AvgIpc) is 2.68. The Hall–Kier alpha value is -4.01. The highest BCUT2D eigenvalue weighted by Crippen LogP contribution is 2.35. The molecule has 1 amide bonds. The van der Waals surface area contributed by atoms with Gasteiger partial charge in [-0.25, -0.2) is 14.8 Å². The summed E-state index contributed by atoms with van der Waals surface area (Å²) in [6.45, 7) is 5.40. The molecule has 0 radical (unpaired) electrons. The number of fused-ring (bicyclic) bond motifs is 2. The number of aromatic amines is 1. The van der Waals surface area contributed by atoms with Crippen LogP contribution in [0.3, 0.4) is 0 Å². The monoisotopic (exact) mass is 405 g/mol. The standard InChI is InChI=1S/C21H19N5O4/c1-21(2,3)30-20(28)25-14-8-9-15(13-7-5-4-6-12(13)14)29-19-17-18(23-11-24-19)26-16(27)10-22-17/h4-11H,1-3H3,(H,25,28)(H,23,24,26,27). The minimum absolute atomic E-state index is 0.203. The van der Waals surface area contributed by atoms with E-state index in [2.05, 4.69) is 25.3 Å². The van der Waals surface area contributed by atoms with Gasteiger partial charge in [0, 0.05) is 10.8 Å². The molecule has 152 valence electrons. The van der Waals surface area contributed by atoms with Crippen molar-refractivity contribution in [1.82, 2.24) is 19.9 Å². The normalized spacial score (nSPS) is 11.4. The molecule has 2 aromatic heterocycles. The van der Waals surface area contributed by atoms with Gasteiger partial charge in [0.25, 0.3) is 11.4 Å². The first-order chi connectivity index (χ1) is 14.3. The van der Waals surface area contributed by atoms with Crippen LogP contribution in [0.4, 0.5) is 10.5 Å². The van der Waals surface area contributed by atoms with Gasteiger partial charge in [0.1, 0.15) is 17.7 Å². The van der Waals surface area contributed by atoms with E-state index in [9.17, 15) is 9.59 Å². The van der Waals surface area contributed by atoms with E-state index in [0.717, 1.165) is 17.0 Å². The zero-order valence-corrected chi connectivity index (χ0v) is 16.6.